The Balaban J connectivity index is 1.48. The maximum absolute atomic E-state index is 14.4. The Morgan fingerprint density at radius 2 is 1.59 bits per heavy atom. The van der Waals surface area contributed by atoms with E-state index < -0.39 is 76.9 Å². The number of hydrogen-bond acceptors (Lipinski definition) is 9. The first-order chi connectivity index (χ1) is 24.5. The summed E-state index contributed by atoms with van der Waals surface area (Å²) in [5.41, 5.74) is 2.77. The molecular formula is C37H39F2N3O9. The normalized spacial score (nSPS) is 15.5. The first-order valence-corrected chi connectivity index (χ1v) is 16.5. The minimum atomic E-state index is -1.81. The van der Waals surface area contributed by atoms with E-state index in [0.717, 1.165) is 24.6 Å². The number of carbonyl (C=O) groups is 6. The predicted octanol–water partition coefficient (Wildman–Crippen LogP) is 3.96. The number of likely N-dealkylation sites (tertiary alicyclic amines) is 1. The van der Waals surface area contributed by atoms with E-state index in [4.69, 9.17) is 14.3 Å². The van der Waals surface area contributed by atoms with Crippen LogP contribution in [-0.4, -0.2) is 65.3 Å². The van der Waals surface area contributed by atoms with Crippen molar-refractivity contribution in [2.45, 2.75) is 70.7 Å². The smallest absolute Gasteiger partial charge is 0.373 e. The molecule has 14 heteroatoms. The van der Waals surface area contributed by atoms with Gasteiger partial charge in [-0.3, -0.25) is 19.2 Å². The van der Waals surface area contributed by atoms with Crippen LogP contribution in [-0.2, 0) is 51.3 Å². The molecule has 1 fully saturated rings. The van der Waals surface area contributed by atoms with Crippen molar-refractivity contribution in [1.29, 1.82) is 0 Å². The standard InChI is InChI=1S/C37H39F2N3O9/c1-3-11-28(35(46)42-19-10-16-31(42)36(47)49-22-25-14-8-5-9-15-25)32(50-23(2)43)37(48)51-41-34(45)30(20-24-12-6-4-7-13-24)40-33(44)27-18-17-26(38)21-29(27)39/h4-9,12-15,17-18,21,28,30-32H,3,10-11,16,19-20,22H2,1-2H3,(H,40,44)(H,41,45)/t28-,30+,31+,32+/m1/s1. The number of esters is 2. The van der Waals surface area contributed by atoms with Gasteiger partial charge >= 0.3 is 17.9 Å². The molecule has 4 rings (SSSR count). The lowest BCUT2D eigenvalue weighted by atomic mass is 9.94. The van der Waals surface area contributed by atoms with Crippen molar-refractivity contribution < 1.29 is 51.9 Å². The number of hydrogen-bond donors (Lipinski definition) is 2. The third kappa shape index (κ3) is 10.7. The molecule has 4 atom stereocenters. The summed E-state index contributed by atoms with van der Waals surface area (Å²) in [7, 11) is 0. The van der Waals surface area contributed by atoms with E-state index in [9.17, 15) is 37.5 Å². The summed E-state index contributed by atoms with van der Waals surface area (Å²) in [6.07, 6.45) is -0.696. The van der Waals surface area contributed by atoms with E-state index in [2.05, 4.69) is 5.32 Å². The summed E-state index contributed by atoms with van der Waals surface area (Å²) < 4.78 is 38.5. The van der Waals surface area contributed by atoms with Gasteiger partial charge in [0.05, 0.1) is 11.5 Å². The lowest BCUT2D eigenvalue weighted by molar-refractivity contribution is -0.181. The van der Waals surface area contributed by atoms with Gasteiger partial charge in [0.1, 0.15) is 30.3 Å². The molecule has 0 saturated carbocycles. The molecule has 0 aromatic heterocycles. The van der Waals surface area contributed by atoms with Crippen LogP contribution in [0, 0.1) is 17.6 Å². The fraction of sp³-hybridized carbons (Fsp3) is 0.351. The molecule has 0 aliphatic carbocycles. The second kappa shape index (κ2) is 18.4. The third-order valence-electron chi connectivity index (χ3n) is 8.17. The highest BCUT2D eigenvalue weighted by molar-refractivity contribution is 5.98. The molecule has 270 valence electrons. The quantitative estimate of drug-likeness (QED) is 0.144. The van der Waals surface area contributed by atoms with Crippen molar-refractivity contribution in [1.82, 2.24) is 15.7 Å². The van der Waals surface area contributed by atoms with Gasteiger partial charge in [-0.05, 0) is 42.5 Å². The molecule has 0 unspecified atom stereocenters. The summed E-state index contributed by atoms with van der Waals surface area (Å²) in [5.74, 6) is -8.88. The summed E-state index contributed by atoms with van der Waals surface area (Å²) in [4.78, 5) is 85.2. The van der Waals surface area contributed by atoms with Crippen LogP contribution in [0.4, 0.5) is 8.78 Å². The average molecular weight is 708 g/mol. The Labute approximate surface area is 293 Å². The highest BCUT2D eigenvalue weighted by Crippen LogP contribution is 2.27. The van der Waals surface area contributed by atoms with Crippen LogP contribution in [0.3, 0.4) is 0 Å². The van der Waals surface area contributed by atoms with Crippen LogP contribution < -0.4 is 10.8 Å². The SMILES string of the molecule is CCC[C@@H](C(=O)N1CCC[C@H]1C(=O)OCc1ccccc1)[C@H](OC(C)=O)C(=O)ONC(=O)[C@H](Cc1ccccc1)NC(=O)c1ccc(F)cc1F. The lowest BCUT2D eigenvalue weighted by Gasteiger charge is -2.30. The summed E-state index contributed by atoms with van der Waals surface area (Å²) in [6.45, 7) is 2.97. The van der Waals surface area contributed by atoms with Crippen molar-refractivity contribution in [2.24, 2.45) is 5.92 Å². The molecule has 0 bridgehead atoms. The van der Waals surface area contributed by atoms with Crippen molar-refractivity contribution in [2.75, 3.05) is 6.54 Å². The predicted molar refractivity (Wildman–Crippen MR) is 177 cm³/mol. The molecule has 51 heavy (non-hydrogen) atoms. The van der Waals surface area contributed by atoms with Crippen LogP contribution >= 0.6 is 0 Å². The second-order valence-corrected chi connectivity index (χ2v) is 11.9. The zero-order valence-corrected chi connectivity index (χ0v) is 28.1. The van der Waals surface area contributed by atoms with Crippen LogP contribution in [0.15, 0.2) is 78.9 Å². The molecular weight excluding hydrogens is 668 g/mol. The van der Waals surface area contributed by atoms with E-state index in [1.807, 2.05) is 11.5 Å². The van der Waals surface area contributed by atoms with E-state index in [1.54, 1.807) is 61.5 Å². The summed E-state index contributed by atoms with van der Waals surface area (Å²) in [6, 6.07) is 17.4. The summed E-state index contributed by atoms with van der Waals surface area (Å²) in [5, 5.41) is 2.37. The first kappa shape index (κ1) is 38.1. The zero-order valence-electron chi connectivity index (χ0n) is 28.1. The highest BCUT2D eigenvalue weighted by Gasteiger charge is 2.44. The van der Waals surface area contributed by atoms with Crippen molar-refractivity contribution in [3.8, 4) is 0 Å². The van der Waals surface area contributed by atoms with Crippen LogP contribution in [0.5, 0.6) is 0 Å². The van der Waals surface area contributed by atoms with E-state index in [0.29, 0.717) is 30.9 Å². The molecule has 3 aromatic rings. The molecule has 2 N–H and O–H groups in total. The molecule has 3 amide bonds. The van der Waals surface area contributed by atoms with Crippen molar-refractivity contribution in [3.05, 3.63) is 107 Å². The van der Waals surface area contributed by atoms with Crippen LogP contribution in [0.2, 0.25) is 0 Å². The maximum Gasteiger partial charge on any atom is 0.373 e. The largest absolute Gasteiger partial charge is 0.459 e. The highest BCUT2D eigenvalue weighted by atomic mass is 19.1. The van der Waals surface area contributed by atoms with Crippen molar-refractivity contribution >= 4 is 35.6 Å². The van der Waals surface area contributed by atoms with Gasteiger partial charge < -0.3 is 24.5 Å². The average Bonchev–Trinajstić information content (AvgIpc) is 3.61. The van der Waals surface area contributed by atoms with E-state index >= 15 is 0 Å². The molecule has 12 nitrogen and oxygen atoms in total. The molecule has 3 aromatic carbocycles. The van der Waals surface area contributed by atoms with Crippen LogP contribution in [0.1, 0.15) is 61.0 Å². The van der Waals surface area contributed by atoms with Crippen molar-refractivity contribution in [3.63, 3.8) is 0 Å². The van der Waals surface area contributed by atoms with Gasteiger partial charge in [0.2, 0.25) is 12.0 Å². The third-order valence-corrected chi connectivity index (χ3v) is 8.17. The molecule has 1 aliphatic heterocycles. The Kier molecular flexibility index (Phi) is 13.7. The summed E-state index contributed by atoms with van der Waals surface area (Å²) >= 11 is 0. The molecule has 0 spiro atoms. The van der Waals surface area contributed by atoms with Gasteiger partial charge in [0, 0.05) is 26.0 Å². The minimum absolute atomic E-state index is 0.00322. The van der Waals surface area contributed by atoms with E-state index in [-0.39, 0.29) is 26.0 Å². The Morgan fingerprint density at radius 3 is 2.22 bits per heavy atom. The number of carbonyl (C=O) groups excluding carboxylic acids is 6. The number of rotatable bonds is 14. The van der Waals surface area contributed by atoms with Gasteiger partial charge in [-0.15, -0.1) is 0 Å². The Morgan fingerprint density at radius 1 is 0.922 bits per heavy atom. The molecule has 0 radical (unpaired) electrons. The Bertz CT molecular complexity index is 1710. The maximum atomic E-state index is 14.4. The number of halogens is 2. The minimum Gasteiger partial charge on any atom is -0.459 e. The van der Waals surface area contributed by atoms with E-state index in [1.165, 1.54) is 4.90 Å². The van der Waals surface area contributed by atoms with Crippen LogP contribution in [0.25, 0.3) is 0 Å². The molecule has 1 heterocycles. The number of nitrogens with one attached hydrogen (secondary N) is 2. The first-order valence-electron chi connectivity index (χ1n) is 16.5. The zero-order chi connectivity index (χ0) is 36.9. The monoisotopic (exact) mass is 707 g/mol. The van der Waals surface area contributed by atoms with Gasteiger partial charge in [0.25, 0.3) is 11.8 Å². The van der Waals surface area contributed by atoms with Gasteiger partial charge in [-0.2, -0.15) is 5.48 Å². The fourth-order valence-corrected chi connectivity index (χ4v) is 5.70. The fourth-order valence-electron chi connectivity index (χ4n) is 5.70. The number of hydroxylamine groups is 1. The number of amides is 3. The Hall–Kier alpha value is -5.66. The topological polar surface area (TPSA) is 157 Å². The van der Waals surface area contributed by atoms with Gasteiger partial charge in [-0.25, -0.2) is 18.4 Å². The molecule has 1 aliphatic rings. The van der Waals surface area contributed by atoms with Gasteiger partial charge in [0.15, 0.2) is 0 Å². The number of nitrogens with zero attached hydrogens (tertiary/aromatic N) is 1. The molecule has 1 saturated heterocycles. The lowest BCUT2D eigenvalue weighted by Crippen LogP contribution is -2.52. The number of benzene rings is 3. The van der Waals surface area contributed by atoms with Gasteiger partial charge in [-0.1, -0.05) is 74.0 Å². The number of ether oxygens (including phenoxy) is 2. The second-order valence-electron chi connectivity index (χ2n) is 11.9.